The molecule has 0 aliphatic carbocycles. The topological polar surface area (TPSA) is 67.1 Å². The Balaban J connectivity index is 3.07. The Bertz CT molecular complexity index is 266. The lowest BCUT2D eigenvalue weighted by Gasteiger charge is -1.90. The summed E-state index contributed by atoms with van der Waals surface area (Å²) in [6, 6.07) is 0. The van der Waals surface area contributed by atoms with Crippen molar-refractivity contribution >= 4 is 23.8 Å². The molecule has 3 N–H and O–H groups in total. The van der Waals surface area contributed by atoms with Crippen LogP contribution in [0.3, 0.4) is 0 Å². The van der Waals surface area contributed by atoms with Crippen LogP contribution in [0.15, 0.2) is 10.0 Å². The van der Waals surface area contributed by atoms with Crippen molar-refractivity contribution in [1.82, 2.24) is 10.2 Å². The fourth-order valence-corrected chi connectivity index (χ4v) is 1.28. The van der Waals surface area contributed by atoms with E-state index in [9.17, 15) is 0 Å². The Morgan fingerprint density at radius 2 is 2.45 bits per heavy atom. The number of hydrogen-bond donors (Lipinski definition) is 2. The fourth-order valence-electron chi connectivity index (χ4n) is 0.756. The predicted molar refractivity (Wildman–Crippen MR) is 48.3 cm³/mol. The lowest BCUT2D eigenvalue weighted by molar-refractivity contribution is 1.01. The smallest absolute Gasteiger partial charge is 0.129 e. The van der Waals surface area contributed by atoms with E-state index >= 15 is 0 Å². The van der Waals surface area contributed by atoms with Crippen LogP contribution in [0.5, 0.6) is 0 Å². The predicted octanol–water partition coefficient (Wildman–Crippen LogP) is 0.762. The number of nitrogen functional groups attached to an aromatic ring is 1. The number of anilines is 1. The van der Waals surface area contributed by atoms with Gasteiger partial charge in [0, 0.05) is 13.3 Å². The molecule has 1 rings (SSSR count). The first-order valence-corrected chi connectivity index (χ1v) is 4.32. The molecule has 0 aliphatic heterocycles. The standard InChI is InChI=1S/C6H10N4S/c1-8-3-4-5(7)9-10-6(4)11-2/h3H,1-2H3,(H3,7,9,10). The number of aromatic amines is 1. The van der Waals surface area contributed by atoms with E-state index < -0.39 is 0 Å². The van der Waals surface area contributed by atoms with Gasteiger partial charge in [-0.25, -0.2) is 0 Å². The van der Waals surface area contributed by atoms with Gasteiger partial charge < -0.3 is 5.73 Å². The molecular weight excluding hydrogens is 160 g/mol. The monoisotopic (exact) mass is 170 g/mol. The van der Waals surface area contributed by atoms with Gasteiger partial charge in [0.15, 0.2) is 0 Å². The van der Waals surface area contributed by atoms with Crippen molar-refractivity contribution in [2.24, 2.45) is 4.99 Å². The summed E-state index contributed by atoms with van der Waals surface area (Å²) in [7, 11) is 1.70. The van der Waals surface area contributed by atoms with Gasteiger partial charge in [-0.15, -0.1) is 11.8 Å². The van der Waals surface area contributed by atoms with Crippen molar-refractivity contribution in [3.63, 3.8) is 0 Å². The van der Waals surface area contributed by atoms with Crippen LogP contribution in [0.4, 0.5) is 5.82 Å². The first kappa shape index (κ1) is 8.13. The Morgan fingerprint density at radius 3 is 3.00 bits per heavy atom. The highest BCUT2D eigenvalue weighted by Gasteiger charge is 2.05. The molecule has 0 radical (unpaired) electrons. The third-order valence-electron chi connectivity index (χ3n) is 1.25. The maximum atomic E-state index is 5.58. The van der Waals surface area contributed by atoms with Crippen LogP contribution in [-0.4, -0.2) is 29.7 Å². The van der Waals surface area contributed by atoms with E-state index in [1.807, 2.05) is 6.26 Å². The molecule has 1 aromatic rings. The summed E-state index contributed by atoms with van der Waals surface area (Å²) in [5.74, 6) is 0.569. The quantitative estimate of drug-likeness (QED) is 0.508. The highest BCUT2D eigenvalue weighted by molar-refractivity contribution is 7.98. The molecule has 0 amide bonds. The zero-order valence-electron chi connectivity index (χ0n) is 6.46. The zero-order chi connectivity index (χ0) is 8.27. The van der Waals surface area contributed by atoms with E-state index in [2.05, 4.69) is 15.2 Å². The maximum absolute atomic E-state index is 5.58. The van der Waals surface area contributed by atoms with Gasteiger partial charge >= 0.3 is 0 Å². The molecule has 0 spiro atoms. The highest BCUT2D eigenvalue weighted by atomic mass is 32.2. The summed E-state index contributed by atoms with van der Waals surface area (Å²) < 4.78 is 0. The molecule has 4 nitrogen and oxygen atoms in total. The summed E-state index contributed by atoms with van der Waals surface area (Å²) in [6.45, 7) is 0. The highest BCUT2D eigenvalue weighted by Crippen LogP contribution is 2.19. The van der Waals surface area contributed by atoms with Gasteiger partial charge in [-0.05, 0) is 6.26 Å². The lowest BCUT2D eigenvalue weighted by atomic mass is 10.4. The maximum Gasteiger partial charge on any atom is 0.129 e. The fraction of sp³-hybridized carbons (Fsp3) is 0.333. The molecule has 0 atom stereocenters. The number of nitrogens with two attached hydrogens (primary N) is 1. The van der Waals surface area contributed by atoms with Crippen LogP contribution in [0.2, 0.25) is 0 Å². The second-order valence-corrected chi connectivity index (χ2v) is 2.74. The largest absolute Gasteiger partial charge is 0.383 e. The summed E-state index contributed by atoms with van der Waals surface area (Å²) in [5, 5.41) is 7.55. The molecular formula is C6H10N4S. The average Bonchev–Trinajstić information content (AvgIpc) is 2.34. The van der Waals surface area contributed by atoms with Crippen LogP contribution < -0.4 is 5.73 Å². The number of aliphatic imine (C=N–C) groups is 1. The number of rotatable bonds is 2. The first-order valence-electron chi connectivity index (χ1n) is 3.09. The van der Waals surface area contributed by atoms with E-state index in [-0.39, 0.29) is 0 Å². The van der Waals surface area contributed by atoms with E-state index in [0.29, 0.717) is 5.82 Å². The van der Waals surface area contributed by atoms with Crippen molar-refractivity contribution < 1.29 is 0 Å². The second-order valence-electron chi connectivity index (χ2n) is 1.95. The molecule has 0 unspecified atom stereocenters. The Hall–Kier alpha value is -0.970. The van der Waals surface area contributed by atoms with Crippen LogP contribution in [0, 0.1) is 0 Å². The minimum absolute atomic E-state index is 0.569. The number of H-pyrrole nitrogens is 1. The van der Waals surface area contributed by atoms with Gasteiger partial charge in [0.1, 0.15) is 10.8 Å². The van der Waals surface area contributed by atoms with Crippen molar-refractivity contribution in [3.05, 3.63) is 5.56 Å². The van der Waals surface area contributed by atoms with Crippen molar-refractivity contribution in [3.8, 4) is 0 Å². The molecule has 1 aromatic heterocycles. The number of nitrogens with zero attached hydrogens (tertiary/aromatic N) is 2. The summed E-state index contributed by atoms with van der Waals surface area (Å²) in [4.78, 5) is 3.87. The first-order chi connectivity index (χ1) is 5.29. The van der Waals surface area contributed by atoms with Crippen LogP contribution in [0.1, 0.15) is 5.56 Å². The molecule has 0 aliphatic rings. The second kappa shape index (κ2) is 3.43. The van der Waals surface area contributed by atoms with Crippen molar-refractivity contribution in [1.29, 1.82) is 0 Å². The van der Waals surface area contributed by atoms with Gasteiger partial charge in [0.2, 0.25) is 0 Å². The van der Waals surface area contributed by atoms with Gasteiger partial charge in [0.25, 0.3) is 0 Å². The summed E-state index contributed by atoms with van der Waals surface area (Å²) in [5.41, 5.74) is 6.46. The van der Waals surface area contributed by atoms with Gasteiger partial charge in [-0.2, -0.15) is 5.10 Å². The molecule has 0 saturated heterocycles. The SMILES string of the molecule is CN=Cc1c(SC)n[nH]c1N. The lowest BCUT2D eigenvalue weighted by Crippen LogP contribution is -1.90. The molecule has 11 heavy (non-hydrogen) atoms. The number of aromatic nitrogens is 2. The van der Waals surface area contributed by atoms with Crippen molar-refractivity contribution in [2.45, 2.75) is 5.03 Å². The third-order valence-corrected chi connectivity index (χ3v) is 1.95. The summed E-state index contributed by atoms with van der Waals surface area (Å²) >= 11 is 1.54. The number of hydrogen-bond acceptors (Lipinski definition) is 4. The van der Waals surface area contributed by atoms with E-state index in [1.165, 1.54) is 0 Å². The van der Waals surface area contributed by atoms with Crippen LogP contribution >= 0.6 is 11.8 Å². The molecule has 0 saturated carbocycles. The minimum Gasteiger partial charge on any atom is -0.383 e. The Morgan fingerprint density at radius 1 is 1.73 bits per heavy atom. The molecule has 0 aromatic carbocycles. The number of nitrogens with one attached hydrogen (secondary N) is 1. The van der Waals surface area contributed by atoms with Gasteiger partial charge in [-0.3, -0.25) is 10.1 Å². The normalized spacial score (nSPS) is 11.1. The van der Waals surface area contributed by atoms with Crippen molar-refractivity contribution in [2.75, 3.05) is 19.0 Å². The Kier molecular flexibility index (Phi) is 2.53. The van der Waals surface area contributed by atoms with E-state index in [1.54, 1.807) is 25.0 Å². The van der Waals surface area contributed by atoms with Gasteiger partial charge in [-0.1, -0.05) is 0 Å². The molecule has 5 heteroatoms. The molecule has 0 fully saturated rings. The zero-order valence-corrected chi connectivity index (χ0v) is 7.27. The molecule has 0 bridgehead atoms. The summed E-state index contributed by atoms with van der Waals surface area (Å²) in [6.07, 6.45) is 3.65. The minimum atomic E-state index is 0.569. The van der Waals surface area contributed by atoms with Gasteiger partial charge in [0.05, 0.1) is 5.56 Å². The van der Waals surface area contributed by atoms with E-state index in [4.69, 9.17) is 5.73 Å². The Labute approximate surface area is 69.3 Å². The molecule has 60 valence electrons. The van der Waals surface area contributed by atoms with Crippen LogP contribution in [-0.2, 0) is 0 Å². The van der Waals surface area contributed by atoms with Crippen LogP contribution in [0.25, 0.3) is 0 Å². The average molecular weight is 170 g/mol. The molecule has 1 heterocycles. The number of thioether (sulfide) groups is 1. The third kappa shape index (κ3) is 1.54. The van der Waals surface area contributed by atoms with E-state index in [0.717, 1.165) is 10.6 Å².